The third-order valence-electron chi connectivity index (χ3n) is 1.31. The minimum atomic E-state index is 0.821. The Bertz CT molecular complexity index is 216. The summed E-state index contributed by atoms with van der Waals surface area (Å²) in [5.74, 6) is 3.84. The molecule has 0 aliphatic heterocycles. The first-order valence-corrected chi connectivity index (χ1v) is 5.58. The van der Waals surface area contributed by atoms with Gasteiger partial charge in [0.1, 0.15) is 5.76 Å². The molecule has 0 bridgehead atoms. The maximum atomic E-state index is 5.18. The van der Waals surface area contributed by atoms with E-state index in [1.165, 1.54) is 0 Å². The fraction of sp³-hybridized carbons (Fsp3) is 0.333. The molecule has 0 saturated carbocycles. The lowest BCUT2D eigenvalue weighted by Crippen LogP contribution is -1.76. The summed E-state index contributed by atoms with van der Waals surface area (Å²) < 4.78 is 5.18. The molecule has 0 aliphatic carbocycles. The molecule has 1 nitrogen and oxygen atoms in total. The molecule has 0 atom stereocenters. The average molecular weight is 200 g/mol. The molecule has 0 amide bonds. The molecule has 3 heteroatoms. The van der Waals surface area contributed by atoms with Gasteiger partial charge in [-0.05, 0) is 12.1 Å². The second kappa shape index (κ2) is 6.26. The highest BCUT2D eigenvalue weighted by atomic mass is 32.2. The van der Waals surface area contributed by atoms with Gasteiger partial charge in [0.05, 0.1) is 12.0 Å². The Labute approximate surface area is 82.6 Å². The first-order valence-electron chi connectivity index (χ1n) is 3.79. The number of hydrogen-bond acceptors (Lipinski definition) is 3. The van der Waals surface area contributed by atoms with Gasteiger partial charge in [0, 0.05) is 11.5 Å². The second-order valence-electron chi connectivity index (χ2n) is 2.25. The molecule has 1 rings (SSSR count). The van der Waals surface area contributed by atoms with Gasteiger partial charge in [-0.3, -0.25) is 0 Å². The SMILES string of the molecule is SCC=CCSCc1ccco1. The van der Waals surface area contributed by atoms with Gasteiger partial charge in [0.25, 0.3) is 0 Å². The van der Waals surface area contributed by atoms with Crippen molar-refractivity contribution in [3.05, 3.63) is 36.3 Å². The van der Waals surface area contributed by atoms with Crippen LogP contribution in [0.4, 0.5) is 0 Å². The third kappa shape index (κ3) is 3.93. The molecule has 0 fully saturated rings. The molecular weight excluding hydrogens is 188 g/mol. The summed E-state index contributed by atoms with van der Waals surface area (Å²) in [6, 6.07) is 3.91. The van der Waals surface area contributed by atoms with Gasteiger partial charge in [-0.15, -0.1) is 11.8 Å². The Morgan fingerprint density at radius 1 is 1.50 bits per heavy atom. The third-order valence-corrected chi connectivity index (χ3v) is 2.44. The zero-order valence-corrected chi connectivity index (χ0v) is 8.48. The van der Waals surface area contributed by atoms with Crippen molar-refractivity contribution in [3.63, 3.8) is 0 Å². The van der Waals surface area contributed by atoms with Crippen molar-refractivity contribution < 1.29 is 4.42 Å². The predicted octanol–water partition coefficient (Wildman–Crippen LogP) is 3.00. The van der Waals surface area contributed by atoms with Gasteiger partial charge in [0.15, 0.2) is 0 Å². The van der Waals surface area contributed by atoms with Crippen molar-refractivity contribution in [1.29, 1.82) is 0 Å². The Morgan fingerprint density at radius 2 is 2.42 bits per heavy atom. The normalized spacial score (nSPS) is 11.1. The fourth-order valence-electron chi connectivity index (χ4n) is 0.765. The molecule has 0 radical (unpaired) electrons. The summed E-state index contributed by atoms with van der Waals surface area (Å²) >= 11 is 5.90. The highest BCUT2D eigenvalue weighted by molar-refractivity contribution is 7.98. The Hall–Kier alpha value is -0.280. The van der Waals surface area contributed by atoms with E-state index in [9.17, 15) is 0 Å². The Balaban J connectivity index is 2.07. The van der Waals surface area contributed by atoms with Crippen LogP contribution in [-0.4, -0.2) is 11.5 Å². The van der Waals surface area contributed by atoms with E-state index in [-0.39, 0.29) is 0 Å². The number of furan rings is 1. The summed E-state index contributed by atoms with van der Waals surface area (Å²) in [7, 11) is 0. The van der Waals surface area contributed by atoms with Crippen LogP contribution in [-0.2, 0) is 5.75 Å². The van der Waals surface area contributed by atoms with Gasteiger partial charge in [-0.25, -0.2) is 0 Å². The number of thiol groups is 1. The standard InChI is InChI=1S/C9H12OS2/c11-6-1-2-7-12-8-9-4-3-5-10-9/h1-5,11H,6-8H2. The monoisotopic (exact) mass is 200 g/mol. The van der Waals surface area contributed by atoms with E-state index < -0.39 is 0 Å². The summed E-state index contributed by atoms with van der Waals surface area (Å²) in [6.45, 7) is 0. The molecule has 0 unspecified atom stereocenters. The van der Waals surface area contributed by atoms with Crippen molar-refractivity contribution in [2.45, 2.75) is 5.75 Å². The van der Waals surface area contributed by atoms with Crippen LogP contribution in [0.15, 0.2) is 35.0 Å². The summed E-state index contributed by atoms with van der Waals surface area (Å²) in [5, 5.41) is 0. The van der Waals surface area contributed by atoms with E-state index in [1.807, 2.05) is 23.9 Å². The molecule has 1 heterocycles. The lowest BCUT2D eigenvalue weighted by Gasteiger charge is -1.92. The van der Waals surface area contributed by atoms with Gasteiger partial charge in [-0.2, -0.15) is 12.6 Å². The van der Waals surface area contributed by atoms with Crippen LogP contribution in [0.5, 0.6) is 0 Å². The van der Waals surface area contributed by atoms with E-state index in [0.29, 0.717) is 0 Å². The lowest BCUT2D eigenvalue weighted by molar-refractivity contribution is 0.530. The van der Waals surface area contributed by atoms with Crippen LogP contribution in [0.2, 0.25) is 0 Å². The van der Waals surface area contributed by atoms with Gasteiger partial charge in [0.2, 0.25) is 0 Å². The molecule has 12 heavy (non-hydrogen) atoms. The van der Waals surface area contributed by atoms with Crippen molar-refractivity contribution in [2.75, 3.05) is 11.5 Å². The Kier molecular flexibility index (Phi) is 5.11. The zero-order valence-electron chi connectivity index (χ0n) is 6.77. The molecule has 0 aliphatic rings. The van der Waals surface area contributed by atoms with E-state index in [0.717, 1.165) is 23.0 Å². The molecular formula is C9H12OS2. The van der Waals surface area contributed by atoms with E-state index in [2.05, 4.69) is 24.8 Å². The fourth-order valence-corrected chi connectivity index (χ4v) is 1.67. The quantitative estimate of drug-likeness (QED) is 0.446. The number of rotatable bonds is 5. The molecule has 1 aromatic rings. The summed E-state index contributed by atoms with van der Waals surface area (Å²) in [6.07, 6.45) is 5.89. The first-order chi connectivity index (χ1) is 5.93. The van der Waals surface area contributed by atoms with Crippen LogP contribution >= 0.6 is 24.4 Å². The molecule has 66 valence electrons. The van der Waals surface area contributed by atoms with Crippen molar-refractivity contribution in [1.82, 2.24) is 0 Å². The lowest BCUT2D eigenvalue weighted by atomic mass is 10.5. The number of thioether (sulfide) groups is 1. The van der Waals surface area contributed by atoms with Crippen molar-refractivity contribution in [3.8, 4) is 0 Å². The predicted molar refractivity (Wildman–Crippen MR) is 57.9 cm³/mol. The van der Waals surface area contributed by atoms with Crippen LogP contribution in [0, 0.1) is 0 Å². The largest absolute Gasteiger partial charge is 0.468 e. The first kappa shape index (κ1) is 9.81. The minimum absolute atomic E-state index is 0.821. The summed E-state index contributed by atoms with van der Waals surface area (Å²) in [4.78, 5) is 0. The minimum Gasteiger partial charge on any atom is -0.468 e. The van der Waals surface area contributed by atoms with Gasteiger partial charge < -0.3 is 4.42 Å². The molecule has 1 aromatic heterocycles. The Morgan fingerprint density at radius 3 is 3.08 bits per heavy atom. The van der Waals surface area contributed by atoms with Crippen molar-refractivity contribution in [2.24, 2.45) is 0 Å². The van der Waals surface area contributed by atoms with Gasteiger partial charge in [-0.1, -0.05) is 12.2 Å². The summed E-state index contributed by atoms with van der Waals surface area (Å²) in [5.41, 5.74) is 0. The highest BCUT2D eigenvalue weighted by Gasteiger charge is 1.92. The van der Waals surface area contributed by atoms with E-state index in [4.69, 9.17) is 4.42 Å². The number of hydrogen-bond donors (Lipinski definition) is 1. The van der Waals surface area contributed by atoms with Crippen LogP contribution in [0.25, 0.3) is 0 Å². The second-order valence-corrected chi connectivity index (χ2v) is 3.64. The van der Waals surface area contributed by atoms with Crippen molar-refractivity contribution >= 4 is 24.4 Å². The maximum Gasteiger partial charge on any atom is 0.113 e. The highest BCUT2D eigenvalue weighted by Crippen LogP contribution is 2.11. The maximum absolute atomic E-state index is 5.18. The molecule has 0 saturated heterocycles. The molecule has 0 spiro atoms. The molecule has 0 aromatic carbocycles. The van der Waals surface area contributed by atoms with Crippen LogP contribution in [0.1, 0.15) is 5.76 Å². The van der Waals surface area contributed by atoms with E-state index >= 15 is 0 Å². The zero-order chi connectivity index (χ0) is 8.65. The van der Waals surface area contributed by atoms with E-state index in [1.54, 1.807) is 6.26 Å². The van der Waals surface area contributed by atoms with Crippen LogP contribution < -0.4 is 0 Å². The topological polar surface area (TPSA) is 13.1 Å². The average Bonchev–Trinajstić information content (AvgIpc) is 2.57. The van der Waals surface area contributed by atoms with Gasteiger partial charge >= 0.3 is 0 Å². The molecule has 0 N–H and O–H groups in total. The smallest absolute Gasteiger partial charge is 0.113 e. The van der Waals surface area contributed by atoms with Crippen LogP contribution in [0.3, 0.4) is 0 Å².